The number of carbonyl (C=O) groups is 1. The molecule has 1 saturated carbocycles. The van der Waals surface area contributed by atoms with Crippen molar-refractivity contribution in [3.05, 3.63) is 47.6 Å². The highest BCUT2D eigenvalue weighted by Gasteiger charge is 2.30. The molecule has 2 heterocycles. The van der Waals surface area contributed by atoms with E-state index in [9.17, 15) is 4.79 Å². The maximum atomic E-state index is 11.1. The van der Waals surface area contributed by atoms with Gasteiger partial charge in [-0.05, 0) is 31.0 Å². The average Bonchev–Trinajstić information content (AvgIpc) is 3.07. The fourth-order valence-corrected chi connectivity index (χ4v) is 2.58. The number of imidazole rings is 1. The number of hydrogen-bond acceptors (Lipinski definition) is 4. The lowest BCUT2D eigenvalue weighted by Crippen LogP contribution is -2.03. The minimum absolute atomic E-state index is 0.258. The molecule has 0 radical (unpaired) electrons. The van der Waals surface area contributed by atoms with Crippen molar-refractivity contribution in [2.45, 2.75) is 25.3 Å². The monoisotopic (exact) mass is 283 g/mol. The molecule has 1 fully saturated rings. The molecule has 0 saturated heterocycles. The van der Waals surface area contributed by atoms with Crippen LogP contribution in [-0.4, -0.2) is 25.8 Å². The van der Waals surface area contributed by atoms with Crippen LogP contribution in [0.15, 0.2) is 35.0 Å². The predicted molar refractivity (Wildman–Crippen MR) is 74.3 cm³/mol. The van der Waals surface area contributed by atoms with Gasteiger partial charge in [-0.25, -0.2) is 9.78 Å². The van der Waals surface area contributed by atoms with E-state index in [0.29, 0.717) is 12.5 Å². The summed E-state index contributed by atoms with van der Waals surface area (Å²) < 4.78 is 7.28. The molecule has 1 N–H and O–H groups in total. The molecule has 106 valence electrons. The Labute approximate surface area is 120 Å². The van der Waals surface area contributed by atoms with Crippen molar-refractivity contribution >= 4 is 17.0 Å². The summed E-state index contributed by atoms with van der Waals surface area (Å²) in [7, 11) is 0. The Bertz CT molecular complexity index is 816. The van der Waals surface area contributed by atoms with Crippen molar-refractivity contribution in [2.24, 2.45) is 0 Å². The van der Waals surface area contributed by atoms with Crippen LogP contribution in [0.2, 0.25) is 0 Å². The molecule has 2 aromatic heterocycles. The second kappa shape index (κ2) is 4.44. The minimum Gasteiger partial charge on any atom is -0.478 e. The highest BCUT2D eigenvalue weighted by atomic mass is 16.5. The van der Waals surface area contributed by atoms with Crippen LogP contribution in [0.3, 0.4) is 0 Å². The molecule has 0 unspecified atom stereocenters. The zero-order chi connectivity index (χ0) is 14.4. The molecular weight excluding hydrogens is 270 g/mol. The molecule has 0 amide bonds. The van der Waals surface area contributed by atoms with Crippen molar-refractivity contribution < 1.29 is 14.4 Å². The van der Waals surface area contributed by atoms with E-state index in [1.807, 2.05) is 12.1 Å². The smallest absolute Gasteiger partial charge is 0.335 e. The number of hydrogen-bond donors (Lipinski definition) is 1. The number of nitrogens with zero attached hydrogens (tertiary/aromatic N) is 3. The first-order valence-corrected chi connectivity index (χ1v) is 6.85. The number of carboxylic acid groups (broad SMARTS) is 1. The zero-order valence-electron chi connectivity index (χ0n) is 11.2. The number of benzene rings is 1. The van der Waals surface area contributed by atoms with Gasteiger partial charge in [-0.1, -0.05) is 5.16 Å². The second-order valence-electron chi connectivity index (χ2n) is 5.32. The molecule has 0 spiro atoms. The Hall–Kier alpha value is -2.63. The molecule has 6 nitrogen and oxygen atoms in total. The van der Waals surface area contributed by atoms with Gasteiger partial charge < -0.3 is 14.2 Å². The lowest BCUT2D eigenvalue weighted by atomic mass is 10.2. The van der Waals surface area contributed by atoms with Crippen LogP contribution in [0.25, 0.3) is 11.0 Å². The molecule has 6 heteroatoms. The molecule has 1 aliphatic rings. The summed E-state index contributed by atoms with van der Waals surface area (Å²) in [4.78, 5) is 15.7. The number of rotatable bonds is 4. The summed E-state index contributed by atoms with van der Waals surface area (Å²) in [6.45, 7) is 0.564. The molecule has 0 atom stereocenters. The summed E-state index contributed by atoms with van der Waals surface area (Å²) in [6.07, 6.45) is 3.88. The van der Waals surface area contributed by atoms with E-state index in [4.69, 9.17) is 9.63 Å². The van der Waals surface area contributed by atoms with Crippen molar-refractivity contribution in [3.8, 4) is 0 Å². The Balaban J connectivity index is 1.85. The van der Waals surface area contributed by atoms with Gasteiger partial charge >= 0.3 is 5.97 Å². The normalized spacial score (nSPS) is 14.7. The second-order valence-corrected chi connectivity index (χ2v) is 5.32. The van der Waals surface area contributed by atoms with Crippen molar-refractivity contribution in [2.75, 3.05) is 0 Å². The number of aromatic carboxylic acids is 1. The highest BCUT2D eigenvalue weighted by molar-refractivity contribution is 5.92. The molecule has 4 rings (SSSR count). The van der Waals surface area contributed by atoms with E-state index in [2.05, 4.69) is 14.7 Å². The maximum Gasteiger partial charge on any atom is 0.335 e. The van der Waals surface area contributed by atoms with Crippen LogP contribution >= 0.6 is 0 Å². The SMILES string of the molecule is O=C(O)c1ccc2c(c1)nc(C1CC1)n2Cc1ccno1. The van der Waals surface area contributed by atoms with Gasteiger partial charge in [-0.2, -0.15) is 0 Å². The van der Waals surface area contributed by atoms with Gasteiger partial charge in [0.15, 0.2) is 5.76 Å². The fourth-order valence-electron chi connectivity index (χ4n) is 2.58. The molecule has 3 aromatic rings. The molecule has 21 heavy (non-hydrogen) atoms. The summed E-state index contributed by atoms with van der Waals surface area (Å²) >= 11 is 0. The zero-order valence-corrected chi connectivity index (χ0v) is 11.2. The van der Waals surface area contributed by atoms with Crippen LogP contribution in [-0.2, 0) is 6.54 Å². The Morgan fingerprint density at radius 3 is 2.90 bits per heavy atom. The van der Waals surface area contributed by atoms with E-state index in [1.165, 1.54) is 0 Å². The predicted octanol–water partition coefficient (Wildman–Crippen LogP) is 2.65. The van der Waals surface area contributed by atoms with Gasteiger partial charge in [0.25, 0.3) is 0 Å². The van der Waals surface area contributed by atoms with Gasteiger partial charge in [-0.3, -0.25) is 0 Å². The van der Waals surface area contributed by atoms with E-state index in [1.54, 1.807) is 18.3 Å². The lowest BCUT2D eigenvalue weighted by Gasteiger charge is -2.06. The standard InChI is InChI=1S/C15H13N3O3/c19-15(20)10-3-4-13-12(7-10)17-14(9-1-2-9)18(13)8-11-5-6-16-21-11/h3-7,9H,1-2,8H2,(H,19,20). The van der Waals surface area contributed by atoms with Gasteiger partial charge in [0.05, 0.1) is 29.3 Å². The topological polar surface area (TPSA) is 81.1 Å². The van der Waals surface area contributed by atoms with Gasteiger partial charge in [0.2, 0.25) is 0 Å². The van der Waals surface area contributed by atoms with Crippen LogP contribution < -0.4 is 0 Å². The molecule has 0 aliphatic heterocycles. The van der Waals surface area contributed by atoms with Crippen molar-refractivity contribution in [1.29, 1.82) is 0 Å². The van der Waals surface area contributed by atoms with Crippen molar-refractivity contribution in [1.82, 2.24) is 14.7 Å². The minimum atomic E-state index is -0.936. The number of aromatic nitrogens is 3. The quantitative estimate of drug-likeness (QED) is 0.796. The third-order valence-electron chi connectivity index (χ3n) is 3.77. The number of fused-ring (bicyclic) bond motifs is 1. The Morgan fingerprint density at radius 2 is 2.24 bits per heavy atom. The van der Waals surface area contributed by atoms with Gasteiger partial charge in [-0.15, -0.1) is 0 Å². The van der Waals surface area contributed by atoms with Gasteiger partial charge in [0, 0.05) is 12.0 Å². The molecule has 1 aliphatic carbocycles. The first-order chi connectivity index (χ1) is 10.2. The first kappa shape index (κ1) is 12.1. The lowest BCUT2D eigenvalue weighted by molar-refractivity contribution is 0.0697. The summed E-state index contributed by atoms with van der Waals surface area (Å²) in [5.74, 6) is 1.30. The summed E-state index contributed by atoms with van der Waals surface area (Å²) in [6, 6.07) is 6.88. The molecule has 1 aromatic carbocycles. The van der Waals surface area contributed by atoms with Gasteiger partial charge in [0.1, 0.15) is 5.82 Å². The molecule has 0 bridgehead atoms. The fraction of sp³-hybridized carbons (Fsp3) is 0.267. The highest BCUT2D eigenvalue weighted by Crippen LogP contribution is 2.41. The first-order valence-electron chi connectivity index (χ1n) is 6.85. The van der Waals surface area contributed by atoms with E-state index in [0.717, 1.165) is 35.5 Å². The van der Waals surface area contributed by atoms with Crippen LogP contribution in [0.1, 0.15) is 40.7 Å². The largest absolute Gasteiger partial charge is 0.478 e. The summed E-state index contributed by atoms with van der Waals surface area (Å²) in [5, 5.41) is 12.8. The van der Waals surface area contributed by atoms with Crippen LogP contribution in [0.5, 0.6) is 0 Å². The third-order valence-corrected chi connectivity index (χ3v) is 3.77. The van der Waals surface area contributed by atoms with Crippen LogP contribution in [0.4, 0.5) is 0 Å². The van der Waals surface area contributed by atoms with E-state index < -0.39 is 5.97 Å². The average molecular weight is 283 g/mol. The Kier molecular flexibility index (Phi) is 2.57. The molecular formula is C15H13N3O3. The summed E-state index contributed by atoms with van der Waals surface area (Å²) in [5.41, 5.74) is 1.91. The van der Waals surface area contributed by atoms with Crippen molar-refractivity contribution in [3.63, 3.8) is 0 Å². The van der Waals surface area contributed by atoms with Crippen LogP contribution in [0, 0.1) is 0 Å². The third kappa shape index (κ3) is 2.08. The number of carboxylic acids is 1. The Morgan fingerprint density at radius 1 is 1.38 bits per heavy atom. The van der Waals surface area contributed by atoms with E-state index >= 15 is 0 Å². The maximum absolute atomic E-state index is 11.1. The van der Waals surface area contributed by atoms with E-state index in [-0.39, 0.29) is 5.56 Å².